The highest BCUT2D eigenvalue weighted by atomic mass is 35.5. The highest BCUT2D eigenvalue weighted by Crippen LogP contribution is 2.21. The summed E-state index contributed by atoms with van der Waals surface area (Å²) in [4.78, 5) is 38.5. The van der Waals surface area contributed by atoms with Gasteiger partial charge in [-0.2, -0.15) is 0 Å². The lowest BCUT2D eigenvalue weighted by molar-refractivity contribution is -0.149. The van der Waals surface area contributed by atoms with Gasteiger partial charge < -0.3 is 20.7 Å². The second-order valence-corrected chi connectivity index (χ2v) is 7.52. The van der Waals surface area contributed by atoms with Gasteiger partial charge in [-0.3, -0.25) is 14.4 Å². The number of carbonyl (C=O) groups excluding carboxylic acids is 3. The third kappa shape index (κ3) is 6.72. The summed E-state index contributed by atoms with van der Waals surface area (Å²) in [6.07, 6.45) is 2.65. The summed E-state index contributed by atoms with van der Waals surface area (Å²) >= 11 is 0. The lowest BCUT2D eigenvalue weighted by atomic mass is 9.96. The Morgan fingerprint density at radius 2 is 1.76 bits per heavy atom. The summed E-state index contributed by atoms with van der Waals surface area (Å²) in [7, 11) is 0. The number of esters is 1. The number of hydrogen-bond donors (Lipinski definition) is 2. The topological polar surface area (TPSA) is 102 Å². The zero-order valence-electron chi connectivity index (χ0n) is 17.4. The van der Waals surface area contributed by atoms with Gasteiger partial charge in [0.05, 0.1) is 18.1 Å². The fourth-order valence-electron chi connectivity index (χ4n) is 3.36. The van der Waals surface area contributed by atoms with Crippen LogP contribution in [0, 0.1) is 5.92 Å². The van der Waals surface area contributed by atoms with E-state index in [4.69, 9.17) is 10.5 Å². The fourth-order valence-corrected chi connectivity index (χ4v) is 3.36. The molecule has 0 aliphatic carbocycles. The molecule has 0 radical (unpaired) electrons. The lowest BCUT2D eigenvalue weighted by Crippen LogP contribution is -2.48. The van der Waals surface area contributed by atoms with Crippen LogP contribution in [0.5, 0.6) is 0 Å². The van der Waals surface area contributed by atoms with Crippen LogP contribution in [0.3, 0.4) is 0 Å². The Balaban J connectivity index is 0.00000420. The summed E-state index contributed by atoms with van der Waals surface area (Å²) in [5.74, 6) is -0.621. The first-order valence-corrected chi connectivity index (χ1v) is 9.94. The van der Waals surface area contributed by atoms with E-state index in [1.54, 1.807) is 43.0 Å². The molecule has 1 aromatic rings. The van der Waals surface area contributed by atoms with Crippen LogP contribution >= 0.6 is 12.4 Å². The molecule has 1 aliphatic rings. The molecule has 0 bridgehead atoms. The number of halogens is 1. The van der Waals surface area contributed by atoms with Crippen LogP contribution < -0.4 is 11.1 Å². The van der Waals surface area contributed by atoms with Crippen molar-refractivity contribution < 1.29 is 19.1 Å². The van der Waals surface area contributed by atoms with Crippen LogP contribution in [0.4, 0.5) is 5.69 Å². The highest BCUT2D eigenvalue weighted by molar-refractivity contribution is 5.99. The number of amides is 2. The lowest BCUT2D eigenvalue weighted by Gasteiger charge is -2.31. The third-order valence-electron chi connectivity index (χ3n) is 5.08. The molecular formula is C21H32ClN3O4. The van der Waals surface area contributed by atoms with Crippen molar-refractivity contribution in [3.8, 4) is 0 Å². The van der Waals surface area contributed by atoms with Gasteiger partial charge >= 0.3 is 5.97 Å². The van der Waals surface area contributed by atoms with Gasteiger partial charge in [-0.1, -0.05) is 13.3 Å². The SMILES string of the molecule is CCCC(C)(N)C(=O)Nc1ccc(C(=O)N2CCC(C(=O)OCC)CC2)cc1.Cl. The minimum atomic E-state index is -0.924. The molecule has 2 amide bonds. The Labute approximate surface area is 178 Å². The maximum Gasteiger partial charge on any atom is 0.309 e. The molecule has 1 atom stereocenters. The molecule has 7 nitrogen and oxygen atoms in total. The van der Waals surface area contributed by atoms with Crippen molar-refractivity contribution in [3.05, 3.63) is 29.8 Å². The van der Waals surface area contributed by atoms with E-state index in [2.05, 4.69) is 5.32 Å². The van der Waals surface area contributed by atoms with E-state index >= 15 is 0 Å². The molecule has 1 saturated heterocycles. The first-order chi connectivity index (χ1) is 13.3. The van der Waals surface area contributed by atoms with Crippen LogP contribution in [0.15, 0.2) is 24.3 Å². The van der Waals surface area contributed by atoms with Crippen LogP contribution in [0.25, 0.3) is 0 Å². The van der Waals surface area contributed by atoms with Crippen molar-refractivity contribution in [2.75, 3.05) is 25.0 Å². The number of ether oxygens (including phenoxy) is 1. The molecule has 0 saturated carbocycles. The van der Waals surface area contributed by atoms with Crippen molar-refractivity contribution in [3.63, 3.8) is 0 Å². The fraction of sp³-hybridized carbons (Fsp3) is 0.571. The normalized spacial score (nSPS) is 16.3. The number of nitrogens with two attached hydrogens (primary N) is 1. The zero-order chi connectivity index (χ0) is 20.7. The van der Waals surface area contributed by atoms with Gasteiger partial charge in [0, 0.05) is 24.3 Å². The van der Waals surface area contributed by atoms with Gasteiger partial charge in [-0.15, -0.1) is 12.4 Å². The van der Waals surface area contributed by atoms with Crippen molar-refractivity contribution in [2.45, 2.75) is 52.0 Å². The molecule has 1 aromatic carbocycles. The van der Waals surface area contributed by atoms with E-state index in [0.29, 0.717) is 50.2 Å². The van der Waals surface area contributed by atoms with E-state index in [-0.39, 0.29) is 36.1 Å². The first-order valence-electron chi connectivity index (χ1n) is 9.94. The van der Waals surface area contributed by atoms with Gasteiger partial charge in [-0.05, 0) is 57.4 Å². The van der Waals surface area contributed by atoms with Gasteiger partial charge in [0.25, 0.3) is 5.91 Å². The number of benzene rings is 1. The maximum absolute atomic E-state index is 12.7. The molecule has 1 fully saturated rings. The van der Waals surface area contributed by atoms with Crippen LogP contribution in [0.2, 0.25) is 0 Å². The number of likely N-dealkylation sites (tertiary alicyclic amines) is 1. The molecule has 3 N–H and O–H groups in total. The van der Waals surface area contributed by atoms with Crippen LogP contribution in [-0.2, 0) is 14.3 Å². The number of nitrogens with one attached hydrogen (secondary N) is 1. The predicted molar refractivity (Wildman–Crippen MR) is 115 cm³/mol. The van der Waals surface area contributed by atoms with Crippen LogP contribution in [0.1, 0.15) is 56.8 Å². The van der Waals surface area contributed by atoms with E-state index in [1.165, 1.54) is 0 Å². The molecular weight excluding hydrogens is 394 g/mol. The van der Waals surface area contributed by atoms with Crippen molar-refractivity contribution >= 4 is 35.9 Å². The molecule has 29 heavy (non-hydrogen) atoms. The average molecular weight is 426 g/mol. The maximum atomic E-state index is 12.7. The Bertz CT molecular complexity index is 698. The Morgan fingerprint density at radius 1 is 1.17 bits per heavy atom. The molecule has 162 valence electrons. The summed E-state index contributed by atoms with van der Waals surface area (Å²) in [6, 6.07) is 6.81. The zero-order valence-corrected chi connectivity index (χ0v) is 18.2. The van der Waals surface area contributed by atoms with Gasteiger partial charge in [0.2, 0.25) is 5.91 Å². The molecule has 1 unspecified atom stereocenters. The molecule has 1 heterocycles. The second-order valence-electron chi connectivity index (χ2n) is 7.52. The molecule has 1 aliphatic heterocycles. The molecule has 2 rings (SSSR count). The van der Waals surface area contributed by atoms with Crippen molar-refractivity contribution in [1.82, 2.24) is 4.90 Å². The van der Waals surface area contributed by atoms with Crippen molar-refractivity contribution in [2.24, 2.45) is 11.7 Å². The first kappa shape index (κ1) is 24.9. The summed E-state index contributed by atoms with van der Waals surface area (Å²) in [5.41, 5.74) is 6.28. The number of hydrogen-bond acceptors (Lipinski definition) is 5. The highest BCUT2D eigenvalue weighted by Gasteiger charge is 2.29. The van der Waals surface area contributed by atoms with Gasteiger partial charge in [0.15, 0.2) is 0 Å². The van der Waals surface area contributed by atoms with Crippen LogP contribution in [-0.4, -0.2) is 47.9 Å². The minimum Gasteiger partial charge on any atom is -0.466 e. The Morgan fingerprint density at radius 3 is 2.28 bits per heavy atom. The predicted octanol–water partition coefficient (Wildman–Crippen LogP) is 2.98. The van der Waals surface area contributed by atoms with Gasteiger partial charge in [0.1, 0.15) is 0 Å². The van der Waals surface area contributed by atoms with E-state index in [0.717, 1.165) is 6.42 Å². The molecule has 8 heteroatoms. The number of nitrogens with zero attached hydrogens (tertiary/aromatic N) is 1. The smallest absolute Gasteiger partial charge is 0.309 e. The Kier molecular flexibility index (Phi) is 9.59. The molecule has 0 spiro atoms. The summed E-state index contributed by atoms with van der Waals surface area (Å²) < 4.78 is 5.06. The van der Waals surface area contributed by atoms with Crippen molar-refractivity contribution in [1.29, 1.82) is 0 Å². The van der Waals surface area contributed by atoms with Gasteiger partial charge in [-0.25, -0.2) is 0 Å². The monoisotopic (exact) mass is 425 g/mol. The third-order valence-corrected chi connectivity index (χ3v) is 5.08. The average Bonchev–Trinajstić information content (AvgIpc) is 2.68. The second kappa shape index (κ2) is 11.2. The van der Waals surface area contributed by atoms with E-state index in [1.807, 2.05) is 6.92 Å². The quantitative estimate of drug-likeness (QED) is 0.654. The van der Waals surface area contributed by atoms with E-state index in [9.17, 15) is 14.4 Å². The molecule has 0 aromatic heterocycles. The number of anilines is 1. The number of carbonyl (C=O) groups is 3. The number of piperidine rings is 1. The number of rotatable bonds is 7. The minimum absolute atomic E-state index is 0. The summed E-state index contributed by atoms with van der Waals surface area (Å²) in [6.45, 7) is 6.92. The standard InChI is InChI=1S/C21H31N3O4.ClH/c1-4-12-21(3,22)20(27)23-17-8-6-15(7-9-17)18(25)24-13-10-16(11-14-24)19(26)28-5-2;/h6-9,16H,4-5,10-14,22H2,1-3H3,(H,23,27);1H. The largest absolute Gasteiger partial charge is 0.466 e. The Hall–Kier alpha value is -2.12. The summed E-state index contributed by atoms with van der Waals surface area (Å²) in [5, 5.41) is 2.80. The van der Waals surface area contributed by atoms with E-state index < -0.39 is 5.54 Å².